The number of hydrogen-bond donors (Lipinski definition) is 1. The molecular weight excluding hydrogens is 280 g/mol. The Hall–Kier alpha value is -0.730. The molecule has 1 aromatic rings. The van der Waals surface area contributed by atoms with E-state index in [0.29, 0.717) is 12.0 Å². The van der Waals surface area contributed by atoms with E-state index in [1.807, 2.05) is 12.1 Å². The van der Waals surface area contributed by atoms with Crippen molar-refractivity contribution >= 4 is 17.3 Å². The Bertz CT molecular complexity index is 449. The van der Waals surface area contributed by atoms with E-state index in [1.165, 1.54) is 17.7 Å². The van der Waals surface area contributed by atoms with Crippen LogP contribution in [-0.4, -0.2) is 18.6 Å². The highest BCUT2D eigenvalue weighted by molar-refractivity contribution is 6.31. The first-order valence-corrected chi connectivity index (χ1v) is 8.25. The summed E-state index contributed by atoms with van der Waals surface area (Å²) in [5.41, 5.74) is 2.50. The van der Waals surface area contributed by atoms with E-state index in [9.17, 15) is 0 Å². The van der Waals surface area contributed by atoms with Gasteiger partial charge in [0.1, 0.15) is 0 Å². The van der Waals surface area contributed by atoms with Gasteiger partial charge >= 0.3 is 0 Å². The maximum Gasteiger partial charge on any atom is 0.0471 e. The van der Waals surface area contributed by atoms with Gasteiger partial charge in [-0.05, 0) is 52.2 Å². The van der Waals surface area contributed by atoms with Gasteiger partial charge < -0.3 is 10.2 Å². The van der Waals surface area contributed by atoms with Crippen molar-refractivity contribution in [3.05, 3.63) is 28.8 Å². The van der Waals surface area contributed by atoms with Gasteiger partial charge in [0, 0.05) is 41.4 Å². The largest absolute Gasteiger partial charge is 0.372 e. The molecular formula is C18H31ClN2. The van der Waals surface area contributed by atoms with E-state index < -0.39 is 0 Å². The summed E-state index contributed by atoms with van der Waals surface area (Å²) < 4.78 is 0. The van der Waals surface area contributed by atoms with Crippen LogP contribution in [-0.2, 0) is 6.54 Å². The Balaban J connectivity index is 2.98. The Morgan fingerprint density at radius 3 is 2.33 bits per heavy atom. The van der Waals surface area contributed by atoms with Crippen molar-refractivity contribution in [2.75, 3.05) is 11.9 Å². The second-order valence-corrected chi connectivity index (χ2v) is 7.84. The van der Waals surface area contributed by atoms with E-state index in [1.54, 1.807) is 0 Å². The topological polar surface area (TPSA) is 15.3 Å². The van der Waals surface area contributed by atoms with Crippen molar-refractivity contribution in [2.45, 2.75) is 66.1 Å². The van der Waals surface area contributed by atoms with Crippen molar-refractivity contribution in [1.82, 2.24) is 5.32 Å². The lowest BCUT2D eigenvalue weighted by Crippen LogP contribution is -2.36. The summed E-state index contributed by atoms with van der Waals surface area (Å²) in [7, 11) is 2.17. The van der Waals surface area contributed by atoms with E-state index in [2.05, 4.69) is 64.9 Å². The number of nitrogens with one attached hydrogen (secondary N) is 1. The first kappa shape index (κ1) is 18.3. The van der Waals surface area contributed by atoms with Gasteiger partial charge in [0.2, 0.25) is 0 Å². The average Bonchev–Trinajstić information content (AvgIpc) is 2.34. The fourth-order valence-electron chi connectivity index (χ4n) is 2.48. The molecule has 0 heterocycles. The van der Waals surface area contributed by atoms with E-state index in [4.69, 9.17) is 11.6 Å². The van der Waals surface area contributed by atoms with Gasteiger partial charge in [0.15, 0.2) is 0 Å². The maximum absolute atomic E-state index is 6.45. The third-order valence-electron chi connectivity index (χ3n) is 3.74. The molecule has 0 amide bonds. The van der Waals surface area contributed by atoms with Crippen molar-refractivity contribution < 1.29 is 0 Å². The fraction of sp³-hybridized carbons (Fsp3) is 0.667. The highest BCUT2D eigenvalue weighted by Gasteiger charge is 2.18. The van der Waals surface area contributed by atoms with Crippen LogP contribution in [0.2, 0.25) is 5.02 Å². The smallest absolute Gasteiger partial charge is 0.0471 e. The van der Waals surface area contributed by atoms with Gasteiger partial charge in [-0.2, -0.15) is 0 Å². The molecule has 0 saturated heterocycles. The zero-order chi connectivity index (χ0) is 16.2. The highest BCUT2D eigenvalue weighted by atomic mass is 35.5. The van der Waals surface area contributed by atoms with Crippen LogP contribution in [0.4, 0.5) is 5.69 Å². The Morgan fingerprint density at radius 1 is 1.19 bits per heavy atom. The minimum absolute atomic E-state index is 0.0819. The van der Waals surface area contributed by atoms with Crippen LogP contribution in [0.25, 0.3) is 0 Å². The summed E-state index contributed by atoms with van der Waals surface area (Å²) in [6.45, 7) is 14.1. The van der Waals surface area contributed by atoms with Crippen molar-refractivity contribution in [3.8, 4) is 0 Å². The van der Waals surface area contributed by atoms with Crippen LogP contribution in [0, 0.1) is 5.92 Å². The van der Waals surface area contributed by atoms with Gasteiger partial charge in [-0.15, -0.1) is 0 Å². The van der Waals surface area contributed by atoms with Crippen molar-refractivity contribution in [2.24, 2.45) is 5.92 Å². The third-order valence-corrected chi connectivity index (χ3v) is 4.10. The number of hydrogen-bond acceptors (Lipinski definition) is 2. The van der Waals surface area contributed by atoms with Gasteiger partial charge in [0.05, 0.1) is 0 Å². The molecule has 0 radical (unpaired) electrons. The summed E-state index contributed by atoms with van der Waals surface area (Å²) >= 11 is 6.45. The molecule has 0 aliphatic rings. The molecule has 0 spiro atoms. The molecule has 2 nitrogen and oxygen atoms in total. The predicted molar refractivity (Wildman–Crippen MR) is 95.4 cm³/mol. The number of benzene rings is 1. The van der Waals surface area contributed by atoms with Gasteiger partial charge in [-0.25, -0.2) is 0 Å². The number of rotatable bonds is 6. The van der Waals surface area contributed by atoms with Crippen LogP contribution in [0.3, 0.4) is 0 Å². The summed E-state index contributed by atoms with van der Waals surface area (Å²) in [5, 5.41) is 4.38. The first-order chi connectivity index (χ1) is 9.61. The Kier molecular flexibility index (Phi) is 6.55. The first-order valence-electron chi connectivity index (χ1n) is 7.87. The lowest BCUT2D eigenvalue weighted by molar-refractivity contribution is 0.424. The van der Waals surface area contributed by atoms with Crippen LogP contribution in [0.1, 0.15) is 53.5 Å². The summed E-state index contributed by atoms with van der Waals surface area (Å²) in [6.07, 6.45) is 1.18. The normalized spacial score (nSPS) is 13.6. The van der Waals surface area contributed by atoms with Crippen LogP contribution < -0.4 is 10.2 Å². The van der Waals surface area contributed by atoms with Gasteiger partial charge in [0.25, 0.3) is 0 Å². The van der Waals surface area contributed by atoms with Crippen molar-refractivity contribution in [3.63, 3.8) is 0 Å². The summed E-state index contributed by atoms with van der Waals surface area (Å²) in [4.78, 5) is 2.35. The Labute approximate surface area is 135 Å². The molecule has 0 saturated carbocycles. The Morgan fingerprint density at radius 2 is 1.81 bits per heavy atom. The van der Waals surface area contributed by atoms with Crippen LogP contribution in [0.15, 0.2) is 18.2 Å². The second-order valence-electron chi connectivity index (χ2n) is 7.43. The highest BCUT2D eigenvalue weighted by Crippen LogP contribution is 2.29. The summed E-state index contributed by atoms with van der Waals surface area (Å²) in [6, 6.07) is 6.68. The van der Waals surface area contributed by atoms with E-state index in [-0.39, 0.29) is 5.54 Å². The minimum atomic E-state index is 0.0819. The monoisotopic (exact) mass is 310 g/mol. The molecule has 0 bridgehead atoms. The molecule has 3 heteroatoms. The lowest BCUT2D eigenvalue weighted by atomic mass is 10.0. The van der Waals surface area contributed by atoms with Crippen molar-refractivity contribution in [1.29, 1.82) is 0 Å². The molecule has 1 N–H and O–H groups in total. The average molecular weight is 311 g/mol. The molecule has 120 valence electrons. The zero-order valence-electron chi connectivity index (χ0n) is 14.6. The molecule has 0 aliphatic heterocycles. The molecule has 1 aromatic carbocycles. The van der Waals surface area contributed by atoms with E-state index in [0.717, 1.165) is 11.6 Å². The molecule has 0 aromatic heterocycles. The number of halogens is 1. The number of anilines is 1. The molecule has 1 atom stereocenters. The second kappa shape index (κ2) is 7.51. The van der Waals surface area contributed by atoms with Gasteiger partial charge in [-0.1, -0.05) is 31.5 Å². The number of nitrogens with zero attached hydrogens (tertiary/aromatic N) is 1. The van der Waals surface area contributed by atoms with E-state index >= 15 is 0 Å². The molecule has 0 fully saturated rings. The lowest BCUT2D eigenvalue weighted by Gasteiger charge is -2.31. The summed E-state index contributed by atoms with van der Waals surface area (Å²) in [5.74, 6) is 0.692. The van der Waals surface area contributed by atoms with Crippen LogP contribution in [0.5, 0.6) is 0 Å². The zero-order valence-corrected chi connectivity index (χ0v) is 15.4. The third kappa shape index (κ3) is 5.88. The quantitative estimate of drug-likeness (QED) is 0.786. The molecule has 1 rings (SSSR count). The molecule has 0 aliphatic carbocycles. The molecule has 1 unspecified atom stereocenters. The fourth-order valence-corrected chi connectivity index (χ4v) is 2.72. The maximum atomic E-state index is 6.45. The predicted octanol–water partition coefficient (Wildman–Crippen LogP) is 5.10. The van der Waals surface area contributed by atoms with Gasteiger partial charge in [-0.3, -0.25) is 0 Å². The molecule has 21 heavy (non-hydrogen) atoms. The van der Waals surface area contributed by atoms with Crippen LogP contribution >= 0.6 is 11.6 Å². The minimum Gasteiger partial charge on any atom is -0.372 e. The standard InChI is InChI=1S/C18H31ClN2/c1-13(2)11-14(3)21(7)17-10-8-9-16(19)15(17)12-20-18(4,5)6/h8-10,13-14,20H,11-12H2,1-7H3. The SMILES string of the molecule is CC(C)CC(C)N(C)c1cccc(Cl)c1CNC(C)(C)C.